The monoisotopic (exact) mass is 287 g/mol. The molecule has 96 valence electrons. The number of sulfonamides is 1. The highest BCUT2D eigenvalue weighted by atomic mass is 32.2. The Kier molecular flexibility index (Phi) is 3.22. The summed E-state index contributed by atoms with van der Waals surface area (Å²) in [6, 6.07) is 3.32. The fourth-order valence-corrected chi connectivity index (χ4v) is 3.20. The van der Waals surface area contributed by atoms with Gasteiger partial charge in [-0.05, 0) is 25.1 Å². The van der Waals surface area contributed by atoms with Crippen LogP contribution in [0.5, 0.6) is 0 Å². The van der Waals surface area contributed by atoms with Gasteiger partial charge in [0.25, 0.3) is 10.0 Å². The fraction of sp³-hybridized carbons (Fsp3) is 0.100. The maximum absolute atomic E-state index is 13.2. The van der Waals surface area contributed by atoms with Gasteiger partial charge in [-0.15, -0.1) is 11.3 Å². The molecule has 3 N–H and O–H groups in total. The number of nitrogen functional groups attached to an aromatic ring is 1. The smallest absolute Gasteiger partial charge is 0.263 e. The first kappa shape index (κ1) is 12.8. The van der Waals surface area contributed by atoms with Crippen molar-refractivity contribution in [1.82, 2.24) is 4.98 Å². The van der Waals surface area contributed by atoms with E-state index >= 15 is 0 Å². The molecular weight excluding hydrogens is 277 g/mol. The van der Waals surface area contributed by atoms with E-state index in [9.17, 15) is 12.8 Å². The number of halogens is 1. The van der Waals surface area contributed by atoms with Crippen LogP contribution in [0.25, 0.3) is 0 Å². The minimum atomic E-state index is -3.84. The summed E-state index contributed by atoms with van der Waals surface area (Å²) in [6.07, 6.45) is 0. The summed E-state index contributed by atoms with van der Waals surface area (Å²) in [5, 5.41) is 1.95. The lowest BCUT2D eigenvalue weighted by molar-refractivity contribution is 0.596. The lowest BCUT2D eigenvalue weighted by Gasteiger charge is -2.05. The predicted octanol–water partition coefficient (Wildman–Crippen LogP) is 1.97. The number of hydrogen-bond donors (Lipinski definition) is 2. The standard InChI is InChI=1S/C10H10FN3O2S2/c1-6-5-17-10(13-6)14-18(15,16)7-2-3-9(12)8(11)4-7/h2-5H,12H2,1H3,(H,13,14). The summed E-state index contributed by atoms with van der Waals surface area (Å²) in [5.41, 5.74) is 5.90. The molecule has 0 fully saturated rings. The number of nitrogens with one attached hydrogen (secondary N) is 1. The summed E-state index contributed by atoms with van der Waals surface area (Å²) >= 11 is 1.16. The van der Waals surface area contributed by atoms with Crippen molar-refractivity contribution in [2.75, 3.05) is 10.5 Å². The van der Waals surface area contributed by atoms with E-state index < -0.39 is 15.8 Å². The molecule has 0 unspecified atom stereocenters. The van der Waals surface area contributed by atoms with Crippen LogP contribution in [0.3, 0.4) is 0 Å². The van der Waals surface area contributed by atoms with Gasteiger partial charge in [0, 0.05) is 5.38 Å². The number of hydrogen-bond acceptors (Lipinski definition) is 5. The highest BCUT2D eigenvalue weighted by Gasteiger charge is 2.17. The van der Waals surface area contributed by atoms with Crippen molar-refractivity contribution in [2.24, 2.45) is 0 Å². The first-order valence-electron chi connectivity index (χ1n) is 4.88. The Morgan fingerprint density at radius 3 is 2.72 bits per heavy atom. The molecule has 0 aliphatic rings. The topological polar surface area (TPSA) is 85.1 Å². The Morgan fingerprint density at radius 2 is 2.17 bits per heavy atom. The summed E-state index contributed by atoms with van der Waals surface area (Å²) < 4.78 is 39.3. The average Bonchev–Trinajstić information content (AvgIpc) is 2.67. The minimum absolute atomic E-state index is 0.0981. The van der Waals surface area contributed by atoms with Crippen LogP contribution >= 0.6 is 11.3 Å². The Balaban J connectivity index is 2.33. The second-order valence-electron chi connectivity index (χ2n) is 3.58. The van der Waals surface area contributed by atoms with Crippen LogP contribution in [0.2, 0.25) is 0 Å². The van der Waals surface area contributed by atoms with E-state index in [0.717, 1.165) is 17.4 Å². The molecule has 1 heterocycles. The van der Waals surface area contributed by atoms with Crippen LogP contribution in [0.4, 0.5) is 15.2 Å². The normalized spacial score (nSPS) is 11.4. The third kappa shape index (κ3) is 2.59. The summed E-state index contributed by atoms with van der Waals surface area (Å²) in [7, 11) is -3.84. The summed E-state index contributed by atoms with van der Waals surface area (Å²) in [6.45, 7) is 1.75. The van der Waals surface area contributed by atoms with Crippen molar-refractivity contribution in [3.8, 4) is 0 Å². The minimum Gasteiger partial charge on any atom is -0.396 e. The number of aryl methyl sites for hydroxylation is 1. The molecule has 1 aromatic carbocycles. The maximum Gasteiger partial charge on any atom is 0.263 e. The first-order chi connectivity index (χ1) is 8.38. The van der Waals surface area contributed by atoms with Crippen molar-refractivity contribution >= 4 is 32.2 Å². The fourth-order valence-electron chi connectivity index (χ4n) is 1.25. The summed E-state index contributed by atoms with van der Waals surface area (Å²) in [4.78, 5) is 3.78. The van der Waals surface area contributed by atoms with E-state index in [0.29, 0.717) is 5.69 Å². The molecule has 5 nitrogen and oxygen atoms in total. The van der Waals surface area contributed by atoms with E-state index in [4.69, 9.17) is 5.73 Å². The lowest BCUT2D eigenvalue weighted by Crippen LogP contribution is -2.13. The quantitative estimate of drug-likeness (QED) is 0.845. The van der Waals surface area contributed by atoms with Crippen molar-refractivity contribution in [2.45, 2.75) is 11.8 Å². The average molecular weight is 287 g/mol. The zero-order valence-electron chi connectivity index (χ0n) is 9.34. The molecule has 0 radical (unpaired) electrons. The van der Waals surface area contributed by atoms with Gasteiger partial charge in [0.1, 0.15) is 5.82 Å². The molecule has 0 aliphatic carbocycles. The van der Waals surface area contributed by atoms with Gasteiger partial charge in [-0.25, -0.2) is 17.8 Å². The van der Waals surface area contributed by atoms with Gasteiger partial charge in [-0.1, -0.05) is 0 Å². The number of benzene rings is 1. The highest BCUT2D eigenvalue weighted by Crippen LogP contribution is 2.21. The summed E-state index contributed by atoms with van der Waals surface area (Å²) in [5.74, 6) is -0.770. The predicted molar refractivity (Wildman–Crippen MR) is 68.5 cm³/mol. The van der Waals surface area contributed by atoms with Crippen molar-refractivity contribution < 1.29 is 12.8 Å². The number of nitrogens with zero attached hydrogens (tertiary/aromatic N) is 1. The molecule has 0 atom stereocenters. The number of thiazole rings is 1. The van der Waals surface area contributed by atoms with Gasteiger partial charge in [-0.3, -0.25) is 4.72 Å². The molecule has 0 saturated carbocycles. The SMILES string of the molecule is Cc1csc(NS(=O)(=O)c2ccc(N)c(F)c2)n1. The Morgan fingerprint density at radius 1 is 1.44 bits per heavy atom. The molecular formula is C10H10FN3O2S2. The Hall–Kier alpha value is -1.67. The molecule has 0 bridgehead atoms. The number of anilines is 2. The van der Waals surface area contributed by atoms with Crippen LogP contribution < -0.4 is 10.5 Å². The van der Waals surface area contributed by atoms with Crippen molar-refractivity contribution in [3.63, 3.8) is 0 Å². The van der Waals surface area contributed by atoms with E-state index in [1.54, 1.807) is 12.3 Å². The van der Waals surface area contributed by atoms with Gasteiger partial charge >= 0.3 is 0 Å². The van der Waals surface area contributed by atoms with Crippen LogP contribution in [0, 0.1) is 12.7 Å². The first-order valence-corrected chi connectivity index (χ1v) is 7.25. The van der Waals surface area contributed by atoms with E-state index in [1.807, 2.05) is 0 Å². The van der Waals surface area contributed by atoms with E-state index in [2.05, 4.69) is 9.71 Å². The van der Waals surface area contributed by atoms with Crippen molar-refractivity contribution in [3.05, 3.63) is 35.1 Å². The molecule has 18 heavy (non-hydrogen) atoms. The zero-order chi connectivity index (χ0) is 13.3. The number of nitrogens with two attached hydrogens (primary N) is 1. The van der Waals surface area contributed by atoms with Crippen LogP contribution in [0.1, 0.15) is 5.69 Å². The van der Waals surface area contributed by atoms with Crippen molar-refractivity contribution in [1.29, 1.82) is 0 Å². The molecule has 2 rings (SSSR count). The van der Waals surface area contributed by atoms with Crippen LogP contribution in [-0.4, -0.2) is 13.4 Å². The second-order valence-corrected chi connectivity index (χ2v) is 6.12. The molecule has 0 aliphatic heterocycles. The third-order valence-corrected chi connectivity index (χ3v) is 4.46. The van der Waals surface area contributed by atoms with Crippen LogP contribution in [0.15, 0.2) is 28.5 Å². The molecule has 1 aromatic heterocycles. The largest absolute Gasteiger partial charge is 0.396 e. The third-order valence-electron chi connectivity index (χ3n) is 2.12. The van der Waals surface area contributed by atoms with Gasteiger partial charge in [-0.2, -0.15) is 0 Å². The van der Waals surface area contributed by atoms with Gasteiger partial charge in [0.05, 0.1) is 16.3 Å². The molecule has 0 spiro atoms. The second kappa shape index (κ2) is 4.54. The molecule has 0 amide bonds. The van der Waals surface area contributed by atoms with Gasteiger partial charge in [0.2, 0.25) is 0 Å². The molecule has 0 saturated heterocycles. The lowest BCUT2D eigenvalue weighted by atomic mass is 10.3. The van der Waals surface area contributed by atoms with Gasteiger partial charge < -0.3 is 5.73 Å². The highest BCUT2D eigenvalue weighted by molar-refractivity contribution is 7.93. The van der Waals surface area contributed by atoms with E-state index in [1.165, 1.54) is 12.1 Å². The molecule has 8 heteroatoms. The van der Waals surface area contributed by atoms with Gasteiger partial charge in [0.15, 0.2) is 5.13 Å². The van der Waals surface area contributed by atoms with E-state index in [-0.39, 0.29) is 15.7 Å². The Bertz CT molecular complexity index is 682. The molecule has 2 aromatic rings. The van der Waals surface area contributed by atoms with Crippen LogP contribution in [-0.2, 0) is 10.0 Å². The Labute approximate surface area is 108 Å². The number of aromatic nitrogens is 1. The number of rotatable bonds is 3. The zero-order valence-corrected chi connectivity index (χ0v) is 11.0. The maximum atomic E-state index is 13.2.